The van der Waals surface area contributed by atoms with E-state index in [1.165, 1.54) is 0 Å². The highest BCUT2D eigenvalue weighted by atomic mass is 16.5. The average Bonchev–Trinajstić information content (AvgIpc) is 2.53. The van der Waals surface area contributed by atoms with Crippen molar-refractivity contribution in [2.75, 3.05) is 6.61 Å². The highest BCUT2D eigenvalue weighted by molar-refractivity contribution is 5.82. The van der Waals surface area contributed by atoms with E-state index < -0.39 is 0 Å². The number of ether oxygens (including phenoxy) is 1. The molecule has 0 fully saturated rings. The van der Waals surface area contributed by atoms with Gasteiger partial charge >= 0.3 is 0 Å². The number of nitrogens with zero attached hydrogens (tertiary/aromatic N) is 1. The van der Waals surface area contributed by atoms with Crippen molar-refractivity contribution in [3.63, 3.8) is 0 Å². The number of benzene rings is 2. The summed E-state index contributed by atoms with van der Waals surface area (Å²) in [6.45, 7) is 6.26. The summed E-state index contributed by atoms with van der Waals surface area (Å²) < 4.78 is 5.64. The second-order valence-electron chi connectivity index (χ2n) is 6.24. The van der Waals surface area contributed by atoms with Gasteiger partial charge in [-0.25, -0.2) is 5.43 Å². The normalized spacial score (nSPS) is 11.4. The minimum atomic E-state index is -0.291. The van der Waals surface area contributed by atoms with Crippen LogP contribution >= 0.6 is 0 Å². The van der Waals surface area contributed by atoms with Crippen LogP contribution in [-0.4, -0.2) is 18.7 Å². The summed E-state index contributed by atoms with van der Waals surface area (Å²) in [4.78, 5) is 11.8. The van der Waals surface area contributed by atoms with Crippen LogP contribution in [0, 0.1) is 0 Å². The Morgan fingerprint density at radius 1 is 1.09 bits per heavy atom. The molecule has 4 heteroatoms. The van der Waals surface area contributed by atoms with Crippen molar-refractivity contribution in [1.29, 1.82) is 0 Å². The van der Waals surface area contributed by atoms with Gasteiger partial charge in [-0.2, -0.15) is 5.10 Å². The molecule has 0 radical (unpaired) electrons. The molecule has 0 aliphatic rings. The van der Waals surface area contributed by atoms with E-state index >= 15 is 0 Å². The SMILES string of the molecule is CC(C)(C)c1ccccc1OCC(=O)N/N=C/c1ccccc1. The molecule has 0 aliphatic carbocycles. The Kier molecular flexibility index (Phi) is 5.52. The maximum atomic E-state index is 11.8. The fourth-order valence-electron chi connectivity index (χ4n) is 2.11. The van der Waals surface area contributed by atoms with Crippen LogP contribution in [0.5, 0.6) is 5.75 Å². The third-order valence-electron chi connectivity index (χ3n) is 3.26. The number of amides is 1. The molecule has 0 heterocycles. The van der Waals surface area contributed by atoms with Crippen LogP contribution < -0.4 is 10.2 Å². The molecule has 120 valence electrons. The third kappa shape index (κ3) is 5.25. The third-order valence-corrected chi connectivity index (χ3v) is 3.26. The molecule has 0 spiro atoms. The van der Waals surface area contributed by atoms with E-state index in [1.807, 2.05) is 54.6 Å². The maximum Gasteiger partial charge on any atom is 0.277 e. The number of hydrogen-bond donors (Lipinski definition) is 1. The summed E-state index contributed by atoms with van der Waals surface area (Å²) in [6, 6.07) is 17.3. The van der Waals surface area contributed by atoms with Crippen LogP contribution in [0.1, 0.15) is 31.9 Å². The molecule has 23 heavy (non-hydrogen) atoms. The minimum Gasteiger partial charge on any atom is -0.483 e. The summed E-state index contributed by atoms with van der Waals surface area (Å²) in [5.41, 5.74) is 4.41. The Balaban J connectivity index is 1.89. The Morgan fingerprint density at radius 3 is 2.43 bits per heavy atom. The van der Waals surface area contributed by atoms with Gasteiger partial charge in [0.25, 0.3) is 5.91 Å². The van der Waals surface area contributed by atoms with Crippen LogP contribution in [0.3, 0.4) is 0 Å². The Hall–Kier alpha value is -2.62. The van der Waals surface area contributed by atoms with Gasteiger partial charge in [0.15, 0.2) is 6.61 Å². The Labute approximate surface area is 137 Å². The number of hydrogen-bond acceptors (Lipinski definition) is 3. The van der Waals surface area contributed by atoms with Gasteiger partial charge < -0.3 is 4.74 Å². The predicted molar refractivity (Wildman–Crippen MR) is 92.8 cm³/mol. The molecule has 0 bridgehead atoms. The number of nitrogens with one attached hydrogen (secondary N) is 1. The van der Waals surface area contributed by atoms with E-state index in [1.54, 1.807) is 6.21 Å². The van der Waals surface area contributed by atoms with Crippen molar-refractivity contribution in [3.8, 4) is 5.75 Å². The molecule has 2 rings (SSSR count). The van der Waals surface area contributed by atoms with Crippen molar-refractivity contribution in [2.24, 2.45) is 5.10 Å². The van der Waals surface area contributed by atoms with Crippen LogP contribution in [0.4, 0.5) is 0 Å². The molecule has 2 aromatic carbocycles. The molecule has 0 atom stereocenters. The van der Waals surface area contributed by atoms with Gasteiger partial charge in [0.05, 0.1) is 6.21 Å². The predicted octanol–water partition coefficient (Wildman–Crippen LogP) is 3.51. The van der Waals surface area contributed by atoms with Gasteiger partial charge in [-0.3, -0.25) is 4.79 Å². The number of carbonyl (C=O) groups excluding carboxylic acids is 1. The first kappa shape index (κ1) is 16.7. The van der Waals surface area contributed by atoms with Crippen molar-refractivity contribution < 1.29 is 9.53 Å². The quantitative estimate of drug-likeness (QED) is 0.678. The lowest BCUT2D eigenvalue weighted by molar-refractivity contribution is -0.123. The molecular weight excluding hydrogens is 288 g/mol. The van der Waals surface area contributed by atoms with E-state index in [0.29, 0.717) is 0 Å². The van der Waals surface area contributed by atoms with Gasteiger partial charge in [-0.15, -0.1) is 0 Å². The maximum absolute atomic E-state index is 11.8. The second kappa shape index (κ2) is 7.58. The average molecular weight is 310 g/mol. The molecule has 4 nitrogen and oxygen atoms in total. The summed E-state index contributed by atoms with van der Waals surface area (Å²) in [6.07, 6.45) is 1.60. The zero-order valence-corrected chi connectivity index (χ0v) is 13.7. The summed E-state index contributed by atoms with van der Waals surface area (Å²) >= 11 is 0. The molecule has 0 unspecified atom stereocenters. The minimum absolute atomic E-state index is 0.0431. The molecule has 0 aliphatic heterocycles. The fraction of sp³-hybridized carbons (Fsp3) is 0.263. The number of hydrazone groups is 1. The Morgan fingerprint density at radius 2 is 1.74 bits per heavy atom. The first-order valence-corrected chi connectivity index (χ1v) is 7.56. The second-order valence-corrected chi connectivity index (χ2v) is 6.24. The van der Waals surface area contributed by atoms with Crippen LogP contribution in [0.2, 0.25) is 0 Å². The van der Waals surface area contributed by atoms with Gasteiger partial charge in [-0.05, 0) is 22.6 Å². The van der Waals surface area contributed by atoms with Gasteiger partial charge in [-0.1, -0.05) is 69.3 Å². The zero-order chi connectivity index (χ0) is 16.7. The fourth-order valence-corrected chi connectivity index (χ4v) is 2.11. The lowest BCUT2D eigenvalue weighted by Gasteiger charge is -2.22. The molecule has 0 aromatic heterocycles. The van der Waals surface area contributed by atoms with E-state index in [4.69, 9.17) is 4.74 Å². The lowest BCUT2D eigenvalue weighted by Crippen LogP contribution is -2.25. The van der Waals surface area contributed by atoms with Crippen molar-refractivity contribution in [2.45, 2.75) is 26.2 Å². The van der Waals surface area contributed by atoms with Crippen LogP contribution in [0.15, 0.2) is 59.7 Å². The number of carbonyl (C=O) groups is 1. The summed E-state index contributed by atoms with van der Waals surface area (Å²) in [5, 5.41) is 3.92. The summed E-state index contributed by atoms with van der Waals surface area (Å²) in [7, 11) is 0. The highest BCUT2D eigenvalue weighted by Crippen LogP contribution is 2.30. The first-order valence-electron chi connectivity index (χ1n) is 7.56. The first-order chi connectivity index (χ1) is 11.0. The van der Waals surface area contributed by atoms with Crippen molar-refractivity contribution >= 4 is 12.1 Å². The lowest BCUT2D eigenvalue weighted by atomic mass is 9.86. The van der Waals surface area contributed by atoms with Crippen molar-refractivity contribution in [1.82, 2.24) is 5.43 Å². The van der Waals surface area contributed by atoms with Gasteiger partial charge in [0.1, 0.15) is 5.75 Å². The molecule has 1 amide bonds. The molecular formula is C19H22N2O2. The standard InChI is InChI=1S/C19H22N2O2/c1-19(2,3)16-11-7-8-12-17(16)23-14-18(22)21-20-13-15-9-5-4-6-10-15/h4-13H,14H2,1-3H3,(H,21,22)/b20-13+. The molecule has 2 aromatic rings. The molecule has 0 saturated heterocycles. The van der Waals surface area contributed by atoms with Crippen molar-refractivity contribution in [3.05, 3.63) is 65.7 Å². The van der Waals surface area contributed by atoms with Crippen LogP contribution in [0.25, 0.3) is 0 Å². The van der Waals surface area contributed by atoms with E-state index in [-0.39, 0.29) is 17.9 Å². The monoisotopic (exact) mass is 310 g/mol. The largest absolute Gasteiger partial charge is 0.483 e. The number of rotatable bonds is 5. The zero-order valence-electron chi connectivity index (χ0n) is 13.7. The molecule has 0 saturated carbocycles. The van der Waals surface area contributed by atoms with Gasteiger partial charge in [0.2, 0.25) is 0 Å². The smallest absolute Gasteiger partial charge is 0.277 e. The number of para-hydroxylation sites is 1. The van der Waals surface area contributed by atoms with Crippen LogP contribution in [-0.2, 0) is 10.2 Å². The van der Waals surface area contributed by atoms with Gasteiger partial charge in [0, 0.05) is 0 Å². The highest BCUT2D eigenvalue weighted by Gasteiger charge is 2.18. The van der Waals surface area contributed by atoms with E-state index in [9.17, 15) is 4.79 Å². The van der Waals surface area contributed by atoms with E-state index in [0.717, 1.165) is 16.9 Å². The topological polar surface area (TPSA) is 50.7 Å². The Bertz CT molecular complexity index is 673. The summed E-state index contributed by atoms with van der Waals surface area (Å²) in [5.74, 6) is 0.433. The molecule has 1 N–H and O–H groups in total. The van der Waals surface area contributed by atoms with E-state index in [2.05, 4.69) is 31.3 Å².